The highest BCUT2D eigenvalue weighted by atomic mass is 35.5. The summed E-state index contributed by atoms with van der Waals surface area (Å²) in [6, 6.07) is 0. The zero-order valence-electron chi connectivity index (χ0n) is 7.96. The number of esters is 1. The molecule has 4 nitrogen and oxygen atoms in total. The van der Waals surface area contributed by atoms with E-state index in [1.54, 1.807) is 7.11 Å². The first-order valence-corrected chi connectivity index (χ1v) is 4.09. The van der Waals surface area contributed by atoms with E-state index in [2.05, 4.69) is 5.32 Å². The maximum atomic E-state index is 11.3. The van der Waals surface area contributed by atoms with Crippen LogP contribution in [0.2, 0.25) is 0 Å². The number of halogens is 1. The van der Waals surface area contributed by atoms with Crippen molar-refractivity contribution in [3.05, 3.63) is 0 Å². The van der Waals surface area contributed by atoms with E-state index < -0.39 is 5.60 Å². The van der Waals surface area contributed by atoms with Gasteiger partial charge in [0.15, 0.2) is 5.60 Å². The summed E-state index contributed by atoms with van der Waals surface area (Å²) >= 11 is 0. The zero-order valence-corrected chi connectivity index (χ0v) is 8.78. The van der Waals surface area contributed by atoms with Crippen LogP contribution < -0.4 is 5.32 Å². The van der Waals surface area contributed by atoms with Crippen molar-refractivity contribution >= 4 is 18.4 Å². The Kier molecular flexibility index (Phi) is 5.29. The van der Waals surface area contributed by atoms with Gasteiger partial charge in [-0.05, 0) is 25.9 Å². The van der Waals surface area contributed by atoms with Crippen LogP contribution in [-0.4, -0.2) is 38.9 Å². The van der Waals surface area contributed by atoms with E-state index in [1.165, 1.54) is 7.11 Å². The molecule has 0 aromatic rings. The third-order valence-corrected chi connectivity index (χ3v) is 2.36. The number of carbonyl (C=O) groups excluding carboxylic acids is 1. The van der Waals surface area contributed by atoms with Crippen molar-refractivity contribution in [2.75, 3.05) is 27.3 Å². The average molecular weight is 210 g/mol. The summed E-state index contributed by atoms with van der Waals surface area (Å²) in [6.07, 6.45) is 1.38. The Bertz CT molecular complexity index is 169. The smallest absolute Gasteiger partial charge is 0.338 e. The lowest BCUT2D eigenvalue weighted by Crippen LogP contribution is -2.49. The van der Waals surface area contributed by atoms with Crippen LogP contribution in [0.1, 0.15) is 12.8 Å². The molecule has 1 aliphatic rings. The fourth-order valence-corrected chi connectivity index (χ4v) is 1.51. The second-order valence-corrected chi connectivity index (χ2v) is 2.94. The molecule has 0 aliphatic carbocycles. The molecule has 0 aromatic heterocycles. The van der Waals surface area contributed by atoms with E-state index in [9.17, 15) is 4.79 Å². The highest BCUT2D eigenvalue weighted by molar-refractivity contribution is 5.85. The van der Waals surface area contributed by atoms with Crippen molar-refractivity contribution in [2.45, 2.75) is 18.4 Å². The summed E-state index contributed by atoms with van der Waals surface area (Å²) in [5.41, 5.74) is -0.694. The fraction of sp³-hybridized carbons (Fsp3) is 0.875. The van der Waals surface area contributed by atoms with Crippen LogP contribution in [0.3, 0.4) is 0 Å². The molecule has 1 fully saturated rings. The van der Waals surface area contributed by atoms with E-state index in [0.717, 1.165) is 13.1 Å². The Labute approximate surface area is 84.4 Å². The number of carbonyl (C=O) groups is 1. The lowest BCUT2D eigenvalue weighted by Gasteiger charge is -2.33. The Morgan fingerprint density at radius 2 is 1.85 bits per heavy atom. The molecule has 78 valence electrons. The zero-order chi connectivity index (χ0) is 9.03. The standard InChI is InChI=1S/C8H15NO3.ClH/c1-11-7(10)8(12-2)3-5-9-6-4-8;/h9H,3-6H2,1-2H3;1H. The van der Waals surface area contributed by atoms with Crippen molar-refractivity contribution in [3.63, 3.8) is 0 Å². The third-order valence-electron chi connectivity index (χ3n) is 2.36. The SMILES string of the molecule is COC(=O)C1(OC)CCNCC1.Cl. The van der Waals surface area contributed by atoms with Gasteiger partial charge in [0.2, 0.25) is 0 Å². The highest BCUT2D eigenvalue weighted by Crippen LogP contribution is 2.23. The maximum Gasteiger partial charge on any atom is 0.338 e. The summed E-state index contributed by atoms with van der Waals surface area (Å²) < 4.78 is 9.91. The lowest BCUT2D eigenvalue weighted by atomic mass is 9.92. The van der Waals surface area contributed by atoms with E-state index in [4.69, 9.17) is 9.47 Å². The normalized spacial score (nSPS) is 20.2. The molecule has 0 aromatic carbocycles. The predicted molar refractivity (Wildman–Crippen MR) is 51.1 cm³/mol. The molecule has 1 aliphatic heterocycles. The number of methoxy groups -OCH3 is 2. The van der Waals surface area contributed by atoms with Crippen LogP contribution in [0.5, 0.6) is 0 Å². The molecule has 0 amide bonds. The summed E-state index contributed by atoms with van der Waals surface area (Å²) in [5, 5.41) is 3.16. The number of ether oxygens (including phenoxy) is 2. The van der Waals surface area contributed by atoms with Crippen LogP contribution in [0, 0.1) is 0 Å². The number of piperidine rings is 1. The fourth-order valence-electron chi connectivity index (χ4n) is 1.51. The molecule has 0 spiro atoms. The Hall–Kier alpha value is -0.320. The minimum absolute atomic E-state index is 0. The van der Waals surface area contributed by atoms with Gasteiger partial charge in [-0.2, -0.15) is 0 Å². The quantitative estimate of drug-likeness (QED) is 0.667. The largest absolute Gasteiger partial charge is 0.467 e. The molecule has 1 heterocycles. The minimum Gasteiger partial charge on any atom is -0.467 e. The predicted octanol–water partition coefficient (Wildman–Crippen LogP) is 0.350. The molecule has 1 saturated heterocycles. The molecule has 13 heavy (non-hydrogen) atoms. The van der Waals surface area contributed by atoms with E-state index >= 15 is 0 Å². The third kappa shape index (κ3) is 2.56. The minimum atomic E-state index is -0.694. The molecular weight excluding hydrogens is 194 g/mol. The molecular formula is C8H16ClNO3. The summed E-state index contributed by atoms with van der Waals surface area (Å²) in [5.74, 6) is -0.258. The number of rotatable bonds is 2. The van der Waals surface area contributed by atoms with E-state index in [1.807, 2.05) is 0 Å². The topological polar surface area (TPSA) is 47.6 Å². The van der Waals surface area contributed by atoms with Crippen molar-refractivity contribution in [2.24, 2.45) is 0 Å². The van der Waals surface area contributed by atoms with E-state index in [0.29, 0.717) is 12.8 Å². The molecule has 1 rings (SSSR count). The van der Waals surface area contributed by atoms with Crippen LogP contribution in [0.4, 0.5) is 0 Å². The van der Waals surface area contributed by atoms with E-state index in [-0.39, 0.29) is 18.4 Å². The van der Waals surface area contributed by atoms with Gasteiger partial charge in [-0.15, -0.1) is 12.4 Å². The van der Waals surface area contributed by atoms with Gasteiger partial charge in [-0.25, -0.2) is 4.79 Å². The van der Waals surface area contributed by atoms with Gasteiger partial charge < -0.3 is 14.8 Å². The van der Waals surface area contributed by atoms with Crippen molar-refractivity contribution < 1.29 is 14.3 Å². The van der Waals surface area contributed by atoms with Gasteiger partial charge in [0.25, 0.3) is 0 Å². The first-order chi connectivity index (χ1) is 5.75. The lowest BCUT2D eigenvalue weighted by molar-refractivity contribution is -0.169. The summed E-state index contributed by atoms with van der Waals surface area (Å²) in [4.78, 5) is 11.3. The van der Waals surface area contributed by atoms with Crippen molar-refractivity contribution in [1.82, 2.24) is 5.32 Å². The van der Waals surface area contributed by atoms with Gasteiger partial charge in [0.1, 0.15) is 0 Å². The molecule has 0 atom stereocenters. The first kappa shape index (κ1) is 12.7. The molecule has 0 saturated carbocycles. The Balaban J connectivity index is 0.00000144. The summed E-state index contributed by atoms with van der Waals surface area (Å²) in [6.45, 7) is 1.62. The first-order valence-electron chi connectivity index (χ1n) is 4.09. The van der Waals surface area contributed by atoms with Gasteiger partial charge in [-0.1, -0.05) is 0 Å². The molecule has 1 N–H and O–H groups in total. The molecule has 0 unspecified atom stereocenters. The Morgan fingerprint density at radius 3 is 2.23 bits per heavy atom. The van der Waals surface area contributed by atoms with Crippen LogP contribution in [-0.2, 0) is 14.3 Å². The van der Waals surface area contributed by atoms with Crippen LogP contribution in [0.25, 0.3) is 0 Å². The average Bonchev–Trinajstić information content (AvgIpc) is 2.17. The second kappa shape index (κ2) is 5.42. The van der Waals surface area contributed by atoms with Gasteiger partial charge in [-0.3, -0.25) is 0 Å². The second-order valence-electron chi connectivity index (χ2n) is 2.94. The number of hydrogen-bond donors (Lipinski definition) is 1. The maximum absolute atomic E-state index is 11.3. The van der Waals surface area contributed by atoms with Gasteiger partial charge in [0.05, 0.1) is 7.11 Å². The monoisotopic (exact) mass is 209 g/mol. The van der Waals surface area contributed by atoms with Gasteiger partial charge >= 0.3 is 5.97 Å². The summed E-state index contributed by atoms with van der Waals surface area (Å²) in [7, 11) is 2.95. The number of hydrogen-bond acceptors (Lipinski definition) is 4. The molecule has 0 radical (unpaired) electrons. The highest BCUT2D eigenvalue weighted by Gasteiger charge is 2.40. The van der Waals surface area contributed by atoms with Crippen molar-refractivity contribution in [1.29, 1.82) is 0 Å². The van der Waals surface area contributed by atoms with Crippen molar-refractivity contribution in [3.8, 4) is 0 Å². The van der Waals surface area contributed by atoms with Crippen LogP contribution >= 0.6 is 12.4 Å². The molecule has 5 heteroatoms. The number of nitrogens with one attached hydrogen (secondary N) is 1. The van der Waals surface area contributed by atoms with Crippen LogP contribution in [0.15, 0.2) is 0 Å². The Morgan fingerprint density at radius 1 is 1.31 bits per heavy atom. The molecule has 0 bridgehead atoms. The van der Waals surface area contributed by atoms with Gasteiger partial charge in [0, 0.05) is 7.11 Å².